The third kappa shape index (κ3) is 2.75. The van der Waals surface area contributed by atoms with Gasteiger partial charge in [-0.3, -0.25) is 4.98 Å². The Balaban J connectivity index is 2.07. The molecule has 2 aromatic carbocycles. The van der Waals surface area contributed by atoms with Crippen molar-refractivity contribution in [1.82, 2.24) is 4.98 Å². The van der Waals surface area contributed by atoms with Gasteiger partial charge in [-0.25, -0.2) is 0 Å². The largest absolute Gasteiger partial charge is 0.496 e. The lowest BCUT2D eigenvalue weighted by Crippen LogP contribution is -1.96. The summed E-state index contributed by atoms with van der Waals surface area (Å²) in [4.78, 5) is 4.48. The van der Waals surface area contributed by atoms with E-state index in [0.717, 1.165) is 29.8 Å². The van der Waals surface area contributed by atoms with Gasteiger partial charge >= 0.3 is 0 Å². The van der Waals surface area contributed by atoms with Crippen LogP contribution in [0.4, 0.5) is 5.69 Å². The number of hydrogen-bond donors (Lipinski definition) is 1. The van der Waals surface area contributed by atoms with Crippen molar-refractivity contribution in [2.75, 3.05) is 12.8 Å². The second kappa shape index (κ2) is 6.06. The number of hydrogen-bond acceptors (Lipinski definition) is 3. The van der Waals surface area contributed by atoms with E-state index in [-0.39, 0.29) is 0 Å². The molecule has 1 heterocycles. The Hall–Kier alpha value is -2.55. The van der Waals surface area contributed by atoms with Crippen molar-refractivity contribution in [3.8, 4) is 5.75 Å². The average molecular weight is 292 g/mol. The number of pyridine rings is 1. The maximum atomic E-state index is 5.76. The van der Waals surface area contributed by atoms with Crippen molar-refractivity contribution in [2.45, 2.75) is 19.8 Å². The minimum atomic E-state index is 0.793. The Morgan fingerprint density at radius 2 is 1.82 bits per heavy atom. The molecule has 3 aromatic rings. The number of methoxy groups -OCH3 is 1. The van der Waals surface area contributed by atoms with Gasteiger partial charge in [-0.05, 0) is 53.8 Å². The van der Waals surface area contributed by atoms with Gasteiger partial charge in [0.15, 0.2) is 0 Å². The lowest BCUT2D eigenvalue weighted by atomic mass is 9.98. The van der Waals surface area contributed by atoms with Crippen LogP contribution >= 0.6 is 0 Å². The number of anilines is 1. The van der Waals surface area contributed by atoms with Crippen molar-refractivity contribution in [1.29, 1.82) is 0 Å². The number of aryl methyl sites for hydroxylation is 1. The molecule has 0 amide bonds. The number of benzene rings is 2. The summed E-state index contributed by atoms with van der Waals surface area (Å²) in [6.07, 6.45) is 3.67. The van der Waals surface area contributed by atoms with E-state index in [2.05, 4.69) is 36.2 Å². The topological polar surface area (TPSA) is 48.1 Å². The summed E-state index contributed by atoms with van der Waals surface area (Å²) in [6, 6.07) is 14.4. The zero-order chi connectivity index (χ0) is 15.5. The van der Waals surface area contributed by atoms with Gasteiger partial charge < -0.3 is 10.5 Å². The zero-order valence-corrected chi connectivity index (χ0v) is 13.0. The molecule has 1 aromatic heterocycles. The molecule has 0 saturated heterocycles. The number of fused-ring (bicyclic) bond motifs is 1. The summed E-state index contributed by atoms with van der Waals surface area (Å²) in [5.41, 5.74) is 11.2. The molecule has 0 fully saturated rings. The van der Waals surface area contributed by atoms with Gasteiger partial charge in [0.1, 0.15) is 5.75 Å². The number of rotatable bonds is 4. The maximum absolute atomic E-state index is 5.76. The van der Waals surface area contributed by atoms with Crippen LogP contribution in [0.25, 0.3) is 10.9 Å². The fourth-order valence-corrected chi connectivity index (χ4v) is 2.75. The first kappa shape index (κ1) is 14.4. The number of ether oxygens (including phenoxy) is 1. The second-order valence-corrected chi connectivity index (χ2v) is 5.42. The van der Waals surface area contributed by atoms with Gasteiger partial charge in [0.05, 0.1) is 12.6 Å². The standard InChI is InChI=1S/C19H20N2O/c1-3-14-11-17-15(10-13-4-6-16(20)7-5-13)8-9-21-18(17)12-19(14)22-2/h4-9,11-12H,3,10,20H2,1-2H3. The minimum Gasteiger partial charge on any atom is -0.496 e. The van der Waals surface area contributed by atoms with Crippen LogP contribution < -0.4 is 10.5 Å². The second-order valence-electron chi connectivity index (χ2n) is 5.42. The highest BCUT2D eigenvalue weighted by Crippen LogP contribution is 2.28. The van der Waals surface area contributed by atoms with Crippen LogP contribution in [0, 0.1) is 0 Å². The molecule has 0 aliphatic heterocycles. The van der Waals surface area contributed by atoms with Crippen LogP contribution in [0.5, 0.6) is 5.75 Å². The highest BCUT2D eigenvalue weighted by molar-refractivity contribution is 5.85. The Kier molecular flexibility index (Phi) is 3.96. The first-order valence-corrected chi connectivity index (χ1v) is 7.50. The summed E-state index contributed by atoms with van der Waals surface area (Å²) >= 11 is 0. The molecule has 22 heavy (non-hydrogen) atoms. The van der Waals surface area contributed by atoms with E-state index in [1.165, 1.54) is 22.1 Å². The molecule has 3 heteroatoms. The van der Waals surface area contributed by atoms with Crippen LogP contribution in [0.1, 0.15) is 23.6 Å². The average Bonchev–Trinajstić information content (AvgIpc) is 2.56. The Morgan fingerprint density at radius 1 is 1.05 bits per heavy atom. The van der Waals surface area contributed by atoms with E-state index in [1.807, 2.05) is 24.4 Å². The first-order chi connectivity index (χ1) is 10.7. The van der Waals surface area contributed by atoms with Gasteiger partial charge in [0.25, 0.3) is 0 Å². The molecule has 0 unspecified atom stereocenters. The van der Waals surface area contributed by atoms with Crippen LogP contribution in [0.15, 0.2) is 48.7 Å². The maximum Gasteiger partial charge on any atom is 0.124 e. The summed E-state index contributed by atoms with van der Waals surface area (Å²) < 4.78 is 5.46. The van der Waals surface area contributed by atoms with Gasteiger partial charge in [-0.2, -0.15) is 0 Å². The Labute approximate surface area is 130 Å². The van der Waals surface area contributed by atoms with Crippen molar-refractivity contribution in [3.05, 3.63) is 65.4 Å². The van der Waals surface area contributed by atoms with Crippen molar-refractivity contribution in [2.24, 2.45) is 0 Å². The lowest BCUT2D eigenvalue weighted by molar-refractivity contribution is 0.410. The quantitative estimate of drug-likeness (QED) is 0.740. The third-order valence-electron chi connectivity index (χ3n) is 3.99. The SMILES string of the molecule is CCc1cc2c(Cc3ccc(N)cc3)ccnc2cc1OC. The third-order valence-corrected chi connectivity index (χ3v) is 3.99. The van der Waals surface area contributed by atoms with Gasteiger partial charge in [-0.1, -0.05) is 19.1 Å². The number of aromatic nitrogens is 1. The number of nitrogens with two attached hydrogens (primary N) is 1. The fourth-order valence-electron chi connectivity index (χ4n) is 2.75. The fraction of sp³-hybridized carbons (Fsp3) is 0.211. The normalized spacial score (nSPS) is 10.8. The molecule has 112 valence electrons. The van der Waals surface area contributed by atoms with Gasteiger partial charge in [0.2, 0.25) is 0 Å². The number of nitrogen functional groups attached to an aromatic ring is 1. The molecule has 0 bridgehead atoms. The van der Waals surface area contributed by atoms with Crippen LogP contribution in [0.2, 0.25) is 0 Å². The predicted molar refractivity (Wildman–Crippen MR) is 91.3 cm³/mol. The predicted octanol–water partition coefficient (Wildman–Crippen LogP) is 3.98. The van der Waals surface area contributed by atoms with Crippen molar-refractivity contribution >= 4 is 16.6 Å². The summed E-state index contributed by atoms with van der Waals surface area (Å²) in [5, 5.41) is 1.19. The summed E-state index contributed by atoms with van der Waals surface area (Å²) in [5.74, 6) is 0.909. The molecule has 3 nitrogen and oxygen atoms in total. The summed E-state index contributed by atoms with van der Waals surface area (Å²) in [6.45, 7) is 2.14. The van der Waals surface area contributed by atoms with E-state index in [1.54, 1.807) is 7.11 Å². The van der Waals surface area contributed by atoms with E-state index < -0.39 is 0 Å². The van der Waals surface area contributed by atoms with Gasteiger partial charge in [-0.15, -0.1) is 0 Å². The van der Waals surface area contributed by atoms with E-state index in [0.29, 0.717) is 0 Å². The molecule has 0 spiro atoms. The first-order valence-electron chi connectivity index (χ1n) is 7.50. The van der Waals surface area contributed by atoms with E-state index in [9.17, 15) is 0 Å². The monoisotopic (exact) mass is 292 g/mol. The molecule has 2 N–H and O–H groups in total. The van der Waals surface area contributed by atoms with Crippen LogP contribution in [-0.4, -0.2) is 12.1 Å². The van der Waals surface area contributed by atoms with E-state index >= 15 is 0 Å². The molecule has 3 rings (SSSR count). The highest BCUT2D eigenvalue weighted by atomic mass is 16.5. The molecule has 0 radical (unpaired) electrons. The molecule has 0 saturated carbocycles. The smallest absolute Gasteiger partial charge is 0.124 e. The van der Waals surface area contributed by atoms with Crippen molar-refractivity contribution < 1.29 is 4.74 Å². The molecular weight excluding hydrogens is 272 g/mol. The van der Waals surface area contributed by atoms with Crippen LogP contribution in [0.3, 0.4) is 0 Å². The van der Waals surface area contributed by atoms with Crippen LogP contribution in [-0.2, 0) is 12.8 Å². The molecular formula is C19H20N2O. The Morgan fingerprint density at radius 3 is 2.50 bits per heavy atom. The lowest BCUT2D eigenvalue weighted by Gasteiger charge is -2.11. The van der Waals surface area contributed by atoms with Crippen molar-refractivity contribution in [3.63, 3.8) is 0 Å². The number of nitrogens with zero attached hydrogens (tertiary/aromatic N) is 1. The summed E-state index contributed by atoms with van der Waals surface area (Å²) in [7, 11) is 1.71. The Bertz CT molecular complexity index is 794. The zero-order valence-electron chi connectivity index (χ0n) is 13.0. The van der Waals surface area contributed by atoms with E-state index in [4.69, 9.17) is 10.5 Å². The highest BCUT2D eigenvalue weighted by Gasteiger charge is 2.09. The van der Waals surface area contributed by atoms with Gasteiger partial charge in [0, 0.05) is 23.3 Å². The molecule has 0 aliphatic rings. The molecule has 0 atom stereocenters. The molecule has 0 aliphatic carbocycles. The minimum absolute atomic E-state index is 0.793.